The molecule has 0 aromatic heterocycles. The van der Waals surface area contributed by atoms with Gasteiger partial charge in [-0.25, -0.2) is 0 Å². The van der Waals surface area contributed by atoms with Crippen LogP contribution in [0.3, 0.4) is 0 Å². The molecule has 0 radical (unpaired) electrons. The van der Waals surface area contributed by atoms with E-state index in [0.717, 1.165) is 24.1 Å². The fourth-order valence-electron chi connectivity index (χ4n) is 3.98. The summed E-state index contributed by atoms with van der Waals surface area (Å²) >= 11 is 0. The zero-order chi connectivity index (χ0) is 20.4. The average Bonchev–Trinajstić information content (AvgIpc) is 2.65. The number of hydrogen-bond acceptors (Lipinski definition) is 6. The number of allylic oxidation sites excluding steroid dienone is 2. The van der Waals surface area contributed by atoms with Crippen molar-refractivity contribution in [3.63, 3.8) is 0 Å². The maximum Gasteiger partial charge on any atom is 0.316 e. The molecule has 3 rings (SSSR count). The Labute approximate surface area is 165 Å². The second-order valence-corrected chi connectivity index (χ2v) is 7.37. The van der Waals surface area contributed by atoms with E-state index in [9.17, 15) is 9.59 Å². The Morgan fingerprint density at radius 1 is 1.18 bits per heavy atom. The largest absolute Gasteiger partial charge is 0.493 e. The Kier molecular flexibility index (Phi) is 5.77. The molecule has 1 N–H and O–H groups in total. The van der Waals surface area contributed by atoms with Crippen molar-refractivity contribution in [2.75, 3.05) is 14.2 Å². The molecule has 1 aromatic carbocycles. The number of ether oxygens (including phenoxy) is 3. The molecule has 0 spiro atoms. The van der Waals surface area contributed by atoms with E-state index in [2.05, 4.69) is 11.9 Å². The Morgan fingerprint density at radius 2 is 1.89 bits per heavy atom. The summed E-state index contributed by atoms with van der Waals surface area (Å²) in [6, 6.07) is 5.48. The summed E-state index contributed by atoms with van der Waals surface area (Å²) in [6.45, 7) is 7.69. The number of benzene rings is 1. The first-order valence-corrected chi connectivity index (χ1v) is 9.51. The standard InChI is InChI=1S/C22H27NO5/c1-12(2)28-22(25)19-13(3)23-15-7-6-8-16(24)21(15)20(19)14-9-10-17(26-4)18(11-14)27-5/h9-12,19-20,23H,3,6-8H2,1-2,4-5H3. The van der Waals surface area contributed by atoms with Crippen LogP contribution < -0.4 is 14.8 Å². The van der Waals surface area contributed by atoms with Crippen molar-refractivity contribution in [1.82, 2.24) is 5.32 Å². The number of esters is 1. The molecule has 0 amide bonds. The minimum absolute atomic E-state index is 0.0587. The lowest BCUT2D eigenvalue weighted by atomic mass is 9.71. The van der Waals surface area contributed by atoms with Crippen LogP contribution >= 0.6 is 0 Å². The Bertz CT molecular complexity index is 839. The van der Waals surface area contributed by atoms with E-state index in [1.807, 2.05) is 12.1 Å². The van der Waals surface area contributed by atoms with Crippen LogP contribution in [0, 0.1) is 5.92 Å². The summed E-state index contributed by atoms with van der Waals surface area (Å²) in [5, 5.41) is 3.21. The third-order valence-corrected chi connectivity index (χ3v) is 5.16. The van der Waals surface area contributed by atoms with Gasteiger partial charge in [-0.3, -0.25) is 9.59 Å². The van der Waals surface area contributed by atoms with E-state index in [1.165, 1.54) is 0 Å². The lowest BCUT2D eigenvalue weighted by Gasteiger charge is -2.38. The van der Waals surface area contributed by atoms with E-state index in [0.29, 0.717) is 29.2 Å². The minimum atomic E-state index is -0.693. The highest BCUT2D eigenvalue weighted by Crippen LogP contribution is 2.46. The highest BCUT2D eigenvalue weighted by molar-refractivity contribution is 6.00. The maximum absolute atomic E-state index is 12.9. The Morgan fingerprint density at radius 3 is 2.54 bits per heavy atom. The van der Waals surface area contributed by atoms with Crippen LogP contribution in [0.2, 0.25) is 0 Å². The Hall–Kier alpha value is -2.76. The van der Waals surface area contributed by atoms with Gasteiger partial charge in [-0.15, -0.1) is 0 Å². The summed E-state index contributed by atoms with van der Waals surface area (Å²) in [7, 11) is 3.13. The quantitative estimate of drug-likeness (QED) is 0.783. The normalized spacial score (nSPS) is 21.9. The van der Waals surface area contributed by atoms with Gasteiger partial charge in [0.05, 0.1) is 20.3 Å². The van der Waals surface area contributed by atoms with Gasteiger partial charge in [0.15, 0.2) is 17.3 Å². The molecule has 1 heterocycles. The van der Waals surface area contributed by atoms with E-state index >= 15 is 0 Å². The second-order valence-electron chi connectivity index (χ2n) is 7.37. The number of rotatable bonds is 5. The van der Waals surface area contributed by atoms with Crippen LogP contribution in [0.1, 0.15) is 44.6 Å². The first-order valence-electron chi connectivity index (χ1n) is 9.51. The van der Waals surface area contributed by atoms with E-state index in [-0.39, 0.29) is 11.9 Å². The van der Waals surface area contributed by atoms with E-state index in [1.54, 1.807) is 34.1 Å². The maximum atomic E-state index is 12.9. The van der Waals surface area contributed by atoms with Gasteiger partial charge in [0.25, 0.3) is 0 Å². The Balaban J connectivity index is 2.15. The van der Waals surface area contributed by atoms with Gasteiger partial charge in [-0.2, -0.15) is 0 Å². The van der Waals surface area contributed by atoms with Crippen LogP contribution in [0.5, 0.6) is 11.5 Å². The zero-order valence-electron chi connectivity index (χ0n) is 16.8. The summed E-state index contributed by atoms with van der Waals surface area (Å²) in [5.74, 6) is -0.362. The van der Waals surface area contributed by atoms with Crippen LogP contribution in [0.15, 0.2) is 41.7 Å². The molecule has 150 valence electrons. The molecule has 28 heavy (non-hydrogen) atoms. The van der Waals surface area contributed by atoms with Crippen molar-refractivity contribution in [3.8, 4) is 11.5 Å². The highest BCUT2D eigenvalue weighted by atomic mass is 16.5. The molecular weight excluding hydrogens is 358 g/mol. The number of carbonyl (C=O) groups excluding carboxylic acids is 2. The van der Waals surface area contributed by atoms with Crippen LogP contribution in [-0.4, -0.2) is 32.1 Å². The van der Waals surface area contributed by atoms with Crippen molar-refractivity contribution in [2.24, 2.45) is 5.92 Å². The van der Waals surface area contributed by atoms with Crippen LogP contribution in [0.25, 0.3) is 0 Å². The molecule has 6 nitrogen and oxygen atoms in total. The highest BCUT2D eigenvalue weighted by Gasteiger charge is 2.44. The van der Waals surface area contributed by atoms with Crippen LogP contribution in [-0.2, 0) is 14.3 Å². The van der Waals surface area contributed by atoms with E-state index in [4.69, 9.17) is 14.2 Å². The van der Waals surface area contributed by atoms with Gasteiger partial charge >= 0.3 is 5.97 Å². The molecule has 1 aromatic rings. The first-order chi connectivity index (χ1) is 13.4. The van der Waals surface area contributed by atoms with Gasteiger partial charge in [0, 0.05) is 29.3 Å². The second kappa shape index (κ2) is 8.09. The molecule has 0 fully saturated rings. The first kappa shape index (κ1) is 20.0. The van der Waals surface area contributed by atoms with Gasteiger partial charge in [0.1, 0.15) is 5.92 Å². The van der Waals surface area contributed by atoms with Gasteiger partial charge in [-0.1, -0.05) is 12.6 Å². The lowest BCUT2D eigenvalue weighted by Crippen LogP contribution is -2.41. The summed E-state index contributed by atoms with van der Waals surface area (Å²) < 4.78 is 16.3. The fraction of sp³-hybridized carbons (Fsp3) is 0.455. The lowest BCUT2D eigenvalue weighted by molar-refractivity contribution is -0.151. The molecular formula is C22H27NO5. The number of nitrogens with one attached hydrogen (secondary N) is 1. The summed E-state index contributed by atoms with van der Waals surface area (Å²) in [6.07, 6.45) is 1.76. The molecule has 2 aliphatic rings. The molecule has 1 aliphatic carbocycles. The van der Waals surface area contributed by atoms with Crippen molar-refractivity contribution in [1.29, 1.82) is 0 Å². The smallest absolute Gasteiger partial charge is 0.316 e. The monoisotopic (exact) mass is 385 g/mol. The third-order valence-electron chi connectivity index (χ3n) is 5.16. The minimum Gasteiger partial charge on any atom is -0.493 e. The number of methoxy groups -OCH3 is 2. The zero-order valence-corrected chi connectivity index (χ0v) is 16.8. The molecule has 1 aliphatic heterocycles. The van der Waals surface area contributed by atoms with Crippen LogP contribution in [0.4, 0.5) is 0 Å². The van der Waals surface area contributed by atoms with Gasteiger partial charge in [0.2, 0.25) is 0 Å². The number of carbonyl (C=O) groups is 2. The van der Waals surface area contributed by atoms with Gasteiger partial charge < -0.3 is 19.5 Å². The SMILES string of the molecule is C=C1NC2=C(C(=O)CCC2)C(c2ccc(OC)c(OC)c2)C1C(=O)OC(C)C. The molecule has 0 saturated carbocycles. The summed E-state index contributed by atoms with van der Waals surface area (Å²) in [5.41, 5.74) is 2.86. The van der Waals surface area contributed by atoms with E-state index < -0.39 is 17.8 Å². The predicted molar refractivity (Wildman–Crippen MR) is 105 cm³/mol. The van der Waals surface area contributed by atoms with Crippen molar-refractivity contribution in [2.45, 2.75) is 45.1 Å². The topological polar surface area (TPSA) is 73.9 Å². The molecule has 6 heteroatoms. The number of hydrogen-bond donors (Lipinski definition) is 1. The fourth-order valence-corrected chi connectivity index (χ4v) is 3.98. The average molecular weight is 385 g/mol. The van der Waals surface area contributed by atoms with Crippen molar-refractivity contribution < 1.29 is 23.8 Å². The molecule has 0 bridgehead atoms. The van der Waals surface area contributed by atoms with Crippen molar-refractivity contribution >= 4 is 11.8 Å². The van der Waals surface area contributed by atoms with Gasteiger partial charge in [-0.05, 0) is 44.4 Å². The van der Waals surface area contributed by atoms with Crippen molar-refractivity contribution in [3.05, 3.63) is 47.3 Å². The molecule has 0 saturated heterocycles. The summed E-state index contributed by atoms with van der Waals surface area (Å²) in [4.78, 5) is 25.8. The number of ketones is 1. The number of Topliss-reactive ketones (excluding diaryl/α,β-unsaturated/α-hetero) is 1. The predicted octanol–water partition coefficient (Wildman–Crippen LogP) is 3.48. The third kappa shape index (κ3) is 3.63. The molecule has 2 unspecified atom stereocenters. The molecule has 2 atom stereocenters.